The van der Waals surface area contributed by atoms with Gasteiger partial charge in [0.2, 0.25) is 0 Å². The first-order valence-corrected chi connectivity index (χ1v) is 8.66. The van der Waals surface area contributed by atoms with Crippen molar-refractivity contribution in [3.05, 3.63) is 53.5 Å². The lowest BCUT2D eigenvalue weighted by molar-refractivity contribution is 0.102. The number of ether oxygens (including phenoxy) is 3. The van der Waals surface area contributed by atoms with Crippen LogP contribution in [-0.2, 0) is 0 Å². The molecule has 0 aliphatic rings. The molecule has 1 heterocycles. The largest absolute Gasteiger partial charge is 0.497 e. The first-order chi connectivity index (χ1) is 12.6. The first kappa shape index (κ1) is 17.8. The number of nitrogens with one attached hydrogen (secondary N) is 1. The van der Waals surface area contributed by atoms with Crippen molar-refractivity contribution in [2.75, 3.05) is 26.6 Å². The van der Waals surface area contributed by atoms with Crippen LogP contribution in [0.2, 0.25) is 0 Å². The van der Waals surface area contributed by atoms with Crippen LogP contribution >= 0.6 is 11.3 Å². The molecule has 0 aliphatic heterocycles. The van der Waals surface area contributed by atoms with Crippen LogP contribution in [0.15, 0.2) is 47.8 Å². The third-order valence-corrected chi connectivity index (χ3v) is 4.61. The van der Waals surface area contributed by atoms with E-state index in [0.29, 0.717) is 22.9 Å². The van der Waals surface area contributed by atoms with Crippen LogP contribution in [0.25, 0.3) is 10.6 Å². The summed E-state index contributed by atoms with van der Waals surface area (Å²) in [5, 5.41) is 5.32. The molecule has 7 heteroatoms. The van der Waals surface area contributed by atoms with Crippen LogP contribution in [0.5, 0.6) is 17.2 Å². The van der Waals surface area contributed by atoms with E-state index >= 15 is 0 Å². The van der Waals surface area contributed by atoms with Crippen molar-refractivity contribution < 1.29 is 19.0 Å². The van der Waals surface area contributed by atoms with Gasteiger partial charge < -0.3 is 19.5 Å². The Morgan fingerprint density at radius 1 is 0.962 bits per heavy atom. The highest BCUT2D eigenvalue weighted by atomic mass is 32.1. The van der Waals surface area contributed by atoms with E-state index in [9.17, 15) is 4.79 Å². The van der Waals surface area contributed by atoms with E-state index in [1.165, 1.54) is 11.3 Å². The van der Waals surface area contributed by atoms with Gasteiger partial charge in [-0.25, -0.2) is 4.98 Å². The average Bonchev–Trinajstić information content (AvgIpc) is 3.18. The SMILES string of the molecule is COc1ccc(-c2nc(C(=O)Nc3ccc(OC)c(OC)c3)cs2)cc1. The van der Waals surface area contributed by atoms with Crippen molar-refractivity contribution in [3.8, 4) is 27.8 Å². The number of benzene rings is 2. The second-order valence-corrected chi connectivity index (χ2v) is 6.15. The second-order valence-electron chi connectivity index (χ2n) is 5.29. The van der Waals surface area contributed by atoms with Gasteiger partial charge in [-0.2, -0.15) is 0 Å². The number of anilines is 1. The smallest absolute Gasteiger partial charge is 0.275 e. The minimum atomic E-state index is -0.284. The molecule has 1 amide bonds. The van der Waals surface area contributed by atoms with Crippen LogP contribution in [0.4, 0.5) is 5.69 Å². The summed E-state index contributed by atoms with van der Waals surface area (Å²) in [5.74, 6) is 1.63. The standard InChI is InChI=1S/C19H18N2O4S/c1-23-14-7-4-12(5-8-14)19-21-15(11-26-19)18(22)20-13-6-9-16(24-2)17(10-13)25-3/h4-11H,1-3H3,(H,20,22). The van der Waals surface area contributed by atoms with Gasteiger partial charge in [0.25, 0.3) is 5.91 Å². The Kier molecular flexibility index (Phi) is 5.38. The molecule has 0 aliphatic carbocycles. The number of hydrogen-bond acceptors (Lipinski definition) is 6. The highest BCUT2D eigenvalue weighted by Crippen LogP contribution is 2.30. The summed E-state index contributed by atoms with van der Waals surface area (Å²) in [6.07, 6.45) is 0. The van der Waals surface area contributed by atoms with E-state index in [4.69, 9.17) is 14.2 Å². The van der Waals surface area contributed by atoms with Crippen molar-refractivity contribution in [1.29, 1.82) is 0 Å². The summed E-state index contributed by atoms with van der Waals surface area (Å²) in [6, 6.07) is 12.7. The number of methoxy groups -OCH3 is 3. The quantitative estimate of drug-likeness (QED) is 0.708. The van der Waals surface area contributed by atoms with Gasteiger partial charge in [0.05, 0.1) is 21.3 Å². The predicted molar refractivity (Wildman–Crippen MR) is 102 cm³/mol. The zero-order chi connectivity index (χ0) is 18.5. The number of rotatable bonds is 6. The Balaban J connectivity index is 1.75. The van der Waals surface area contributed by atoms with Crippen LogP contribution in [0.3, 0.4) is 0 Å². The van der Waals surface area contributed by atoms with Gasteiger partial charge >= 0.3 is 0 Å². The Labute approximate surface area is 155 Å². The van der Waals surface area contributed by atoms with Crippen molar-refractivity contribution >= 4 is 22.9 Å². The van der Waals surface area contributed by atoms with E-state index in [0.717, 1.165) is 16.3 Å². The molecular weight excluding hydrogens is 352 g/mol. The predicted octanol–water partition coefficient (Wildman–Crippen LogP) is 4.09. The first-order valence-electron chi connectivity index (χ1n) is 7.78. The third kappa shape index (κ3) is 3.78. The lowest BCUT2D eigenvalue weighted by Gasteiger charge is -2.10. The Hall–Kier alpha value is -3.06. The van der Waals surface area contributed by atoms with Crippen LogP contribution in [-0.4, -0.2) is 32.2 Å². The number of thiazole rings is 1. The van der Waals surface area contributed by atoms with Gasteiger partial charge in [-0.3, -0.25) is 4.79 Å². The highest BCUT2D eigenvalue weighted by Gasteiger charge is 2.13. The Bertz CT molecular complexity index is 906. The summed E-state index contributed by atoms with van der Waals surface area (Å²) in [7, 11) is 4.73. The Morgan fingerprint density at radius 3 is 2.35 bits per heavy atom. The molecule has 0 spiro atoms. The van der Waals surface area contributed by atoms with Crippen LogP contribution in [0, 0.1) is 0 Å². The molecule has 0 fully saturated rings. The van der Waals surface area contributed by atoms with Gasteiger partial charge in [-0.15, -0.1) is 11.3 Å². The molecule has 0 saturated carbocycles. The van der Waals surface area contributed by atoms with Crippen molar-refractivity contribution in [2.45, 2.75) is 0 Å². The molecule has 3 aromatic rings. The summed E-state index contributed by atoms with van der Waals surface area (Å²) < 4.78 is 15.6. The average molecular weight is 370 g/mol. The van der Waals surface area contributed by atoms with Crippen molar-refractivity contribution in [3.63, 3.8) is 0 Å². The molecule has 0 saturated heterocycles. The summed E-state index contributed by atoms with van der Waals surface area (Å²) in [6.45, 7) is 0. The van der Waals surface area contributed by atoms with Gasteiger partial charge in [0.1, 0.15) is 16.5 Å². The normalized spacial score (nSPS) is 10.3. The van der Waals surface area contributed by atoms with E-state index in [2.05, 4.69) is 10.3 Å². The maximum absolute atomic E-state index is 12.5. The number of carbonyl (C=O) groups excluding carboxylic acids is 1. The van der Waals surface area contributed by atoms with Gasteiger partial charge in [0, 0.05) is 22.7 Å². The number of nitrogens with zero attached hydrogens (tertiary/aromatic N) is 1. The maximum atomic E-state index is 12.5. The van der Waals surface area contributed by atoms with Gasteiger partial charge in [-0.05, 0) is 36.4 Å². The molecule has 1 N–H and O–H groups in total. The van der Waals surface area contributed by atoms with Gasteiger partial charge in [-0.1, -0.05) is 0 Å². The molecule has 26 heavy (non-hydrogen) atoms. The van der Waals surface area contributed by atoms with Crippen LogP contribution in [0.1, 0.15) is 10.5 Å². The number of hydrogen-bond donors (Lipinski definition) is 1. The lowest BCUT2D eigenvalue weighted by Crippen LogP contribution is -2.12. The minimum Gasteiger partial charge on any atom is -0.497 e. The zero-order valence-corrected chi connectivity index (χ0v) is 15.4. The molecule has 0 unspecified atom stereocenters. The molecule has 0 bridgehead atoms. The van der Waals surface area contributed by atoms with Crippen molar-refractivity contribution in [1.82, 2.24) is 4.98 Å². The van der Waals surface area contributed by atoms with Gasteiger partial charge in [0.15, 0.2) is 11.5 Å². The molecule has 1 aromatic heterocycles. The maximum Gasteiger partial charge on any atom is 0.275 e. The van der Waals surface area contributed by atoms with Crippen LogP contribution < -0.4 is 19.5 Å². The summed E-state index contributed by atoms with van der Waals surface area (Å²) in [4.78, 5) is 16.9. The Morgan fingerprint density at radius 2 is 1.69 bits per heavy atom. The lowest BCUT2D eigenvalue weighted by atomic mass is 10.2. The molecule has 0 radical (unpaired) electrons. The highest BCUT2D eigenvalue weighted by molar-refractivity contribution is 7.13. The number of aromatic nitrogens is 1. The molecular formula is C19H18N2O4S. The fraction of sp³-hybridized carbons (Fsp3) is 0.158. The van der Waals surface area contributed by atoms with E-state index < -0.39 is 0 Å². The third-order valence-electron chi connectivity index (χ3n) is 3.72. The van der Waals surface area contributed by atoms with Crippen molar-refractivity contribution in [2.24, 2.45) is 0 Å². The second kappa shape index (κ2) is 7.88. The number of carbonyl (C=O) groups is 1. The van der Waals surface area contributed by atoms with E-state index in [1.807, 2.05) is 24.3 Å². The zero-order valence-electron chi connectivity index (χ0n) is 14.6. The molecule has 6 nitrogen and oxygen atoms in total. The monoisotopic (exact) mass is 370 g/mol. The summed E-state index contributed by atoms with van der Waals surface area (Å²) >= 11 is 1.41. The summed E-state index contributed by atoms with van der Waals surface area (Å²) in [5.41, 5.74) is 1.89. The fourth-order valence-electron chi connectivity index (χ4n) is 2.35. The molecule has 2 aromatic carbocycles. The topological polar surface area (TPSA) is 69.7 Å². The molecule has 134 valence electrons. The fourth-order valence-corrected chi connectivity index (χ4v) is 3.16. The molecule has 0 atom stereocenters. The van der Waals surface area contributed by atoms with E-state index in [1.54, 1.807) is 44.9 Å². The number of amides is 1. The molecule has 3 rings (SSSR count). The van der Waals surface area contributed by atoms with E-state index in [-0.39, 0.29) is 5.91 Å². The minimum absolute atomic E-state index is 0.284.